The van der Waals surface area contributed by atoms with Gasteiger partial charge in [-0.15, -0.1) is 11.3 Å². The third-order valence-electron chi connectivity index (χ3n) is 5.31. The number of thiophene rings is 1. The molecule has 1 fully saturated rings. The van der Waals surface area contributed by atoms with E-state index in [9.17, 15) is 4.79 Å². The molecule has 1 aliphatic heterocycles. The van der Waals surface area contributed by atoms with Crippen LogP contribution >= 0.6 is 11.3 Å². The van der Waals surface area contributed by atoms with Crippen LogP contribution in [-0.2, 0) is 6.61 Å². The van der Waals surface area contributed by atoms with E-state index < -0.39 is 0 Å². The van der Waals surface area contributed by atoms with Crippen LogP contribution in [0.3, 0.4) is 0 Å². The van der Waals surface area contributed by atoms with E-state index in [4.69, 9.17) is 4.74 Å². The van der Waals surface area contributed by atoms with E-state index in [1.165, 1.54) is 29.7 Å². The Morgan fingerprint density at radius 1 is 1.29 bits per heavy atom. The van der Waals surface area contributed by atoms with Gasteiger partial charge in [-0.05, 0) is 43.4 Å². The van der Waals surface area contributed by atoms with Crippen molar-refractivity contribution < 1.29 is 9.53 Å². The molecule has 1 aliphatic carbocycles. The van der Waals surface area contributed by atoms with Gasteiger partial charge in [-0.3, -0.25) is 4.79 Å². The van der Waals surface area contributed by atoms with Crippen molar-refractivity contribution in [1.29, 1.82) is 0 Å². The number of amides is 1. The standard InChI is InChI=1S/C20H23NO2S/c1-12-6-3-4-8-15(12)21-20(22)17-10-14-11-23-16-9-5-7-13(2)18(16)19(14)24-17/h5,7,9-10,12,15H,3-4,6,8,11H2,1-2H3,(H,21,22). The second-order valence-electron chi connectivity index (χ2n) is 7.04. The number of aryl methyl sites for hydroxylation is 1. The number of nitrogens with one attached hydrogen (secondary N) is 1. The summed E-state index contributed by atoms with van der Waals surface area (Å²) in [7, 11) is 0. The van der Waals surface area contributed by atoms with Crippen molar-refractivity contribution in [2.45, 2.75) is 52.2 Å². The highest BCUT2D eigenvalue weighted by Gasteiger charge is 2.27. The lowest BCUT2D eigenvalue weighted by atomic mass is 9.86. The first-order valence-corrected chi connectivity index (χ1v) is 9.61. The largest absolute Gasteiger partial charge is 0.488 e. The van der Waals surface area contributed by atoms with E-state index in [0.29, 0.717) is 18.6 Å². The van der Waals surface area contributed by atoms with E-state index in [2.05, 4.69) is 25.2 Å². The predicted octanol–water partition coefficient (Wildman–Crippen LogP) is 4.92. The minimum absolute atomic E-state index is 0.0725. The fourth-order valence-corrected chi connectivity index (χ4v) is 5.02. The van der Waals surface area contributed by atoms with Crippen LogP contribution in [0.25, 0.3) is 10.4 Å². The van der Waals surface area contributed by atoms with E-state index in [1.807, 2.05) is 18.2 Å². The second kappa shape index (κ2) is 6.25. The SMILES string of the molecule is Cc1cccc2c1-c1sc(C(=O)NC3CCCCC3C)cc1CO2. The van der Waals surface area contributed by atoms with Crippen molar-refractivity contribution in [2.75, 3.05) is 0 Å². The maximum atomic E-state index is 12.7. The molecule has 24 heavy (non-hydrogen) atoms. The molecule has 1 N–H and O–H groups in total. The highest BCUT2D eigenvalue weighted by molar-refractivity contribution is 7.17. The molecule has 0 saturated heterocycles. The van der Waals surface area contributed by atoms with Crippen LogP contribution < -0.4 is 10.1 Å². The lowest BCUT2D eigenvalue weighted by Gasteiger charge is -2.29. The van der Waals surface area contributed by atoms with Crippen molar-refractivity contribution >= 4 is 17.2 Å². The summed E-state index contributed by atoms with van der Waals surface area (Å²) < 4.78 is 5.87. The molecular weight excluding hydrogens is 318 g/mol. The average molecular weight is 341 g/mol. The summed E-state index contributed by atoms with van der Waals surface area (Å²) in [5.41, 5.74) is 3.47. The summed E-state index contributed by atoms with van der Waals surface area (Å²) in [4.78, 5) is 14.7. The monoisotopic (exact) mass is 341 g/mol. The normalized spacial score (nSPS) is 22.2. The molecule has 2 heterocycles. The summed E-state index contributed by atoms with van der Waals surface area (Å²) in [6.07, 6.45) is 4.82. The van der Waals surface area contributed by atoms with Gasteiger partial charge in [-0.2, -0.15) is 0 Å². The van der Waals surface area contributed by atoms with Crippen LogP contribution in [0.5, 0.6) is 5.75 Å². The molecule has 1 aromatic heterocycles. The van der Waals surface area contributed by atoms with Crippen molar-refractivity contribution in [3.05, 3.63) is 40.3 Å². The zero-order chi connectivity index (χ0) is 16.7. The van der Waals surface area contributed by atoms with Crippen LogP contribution in [0.2, 0.25) is 0 Å². The molecular formula is C20H23NO2S. The smallest absolute Gasteiger partial charge is 0.261 e. The molecule has 1 saturated carbocycles. The predicted molar refractivity (Wildman–Crippen MR) is 97.7 cm³/mol. The first-order chi connectivity index (χ1) is 11.6. The Balaban J connectivity index is 1.61. The van der Waals surface area contributed by atoms with Crippen LogP contribution in [0.1, 0.15) is 53.4 Å². The summed E-state index contributed by atoms with van der Waals surface area (Å²) >= 11 is 1.60. The Kier molecular flexibility index (Phi) is 4.09. The van der Waals surface area contributed by atoms with Gasteiger partial charge in [0.25, 0.3) is 5.91 Å². The second-order valence-corrected chi connectivity index (χ2v) is 8.10. The maximum absolute atomic E-state index is 12.7. The Bertz CT molecular complexity index is 780. The molecule has 2 aliphatic rings. The lowest BCUT2D eigenvalue weighted by Crippen LogP contribution is -2.40. The van der Waals surface area contributed by atoms with Crippen LogP contribution in [0, 0.1) is 12.8 Å². The molecule has 0 spiro atoms. The quantitative estimate of drug-likeness (QED) is 0.841. The van der Waals surface area contributed by atoms with Gasteiger partial charge in [-0.1, -0.05) is 31.9 Å². The molecule has 4 heteroatoms. The van der Waals surface area contributed by atoms with E-state index in [-0.39, 0.29) is 5.91 Å². The lowest BCUT2D eigenvalue weighted by molar-refractivity contribution is 0.0914. The Hall–Kier alpha value is -1.81. The number of hydrogen-bond acceptors (Lipinski definition) is 3. The highest BCUT2D eigenvalue weighted by atomic mass is 32.1. The number of ether oxygens (including phenoxy) is 1. The molecule has 3 nitrogen and oxygen atoms in total. The Labute approximate surface area is 147 Å². The number of fused-ring (bicyclic) bond motifs is 3. The van der Waals surface area contributed by atoms with Crippen molar-refractivity contribution in [3.8, 4) is 16.2 Å². The third-order valence-corrected chi connectivity index (χ3v) is 6.50. The topological polar surface area (TPSA) is 38.3 Å². The summed E-state index contributed by atoms with van der Waals surface area (Å²) in [5.74, 6) is 1.57. The third kappa shape index (κ3) is 2.73. The fraction of sp³-hybridized carbons (Fsp3) is 0.450. The maximum Gasteiger partial charge on any atom is 0.261 e. The summed E-state index contributed by atoms with van der Waals surface area (Å²) in [6.45, 7) is 4.90. The van der Waals surface area contributed by atoms with Gasteiger partial charge in [-0.25, -0.2) is 0 Å². The van der Waals surface area contributed by atoms with Gasteiger partial charge >= 0.3 is 0 Å². The van der Waals surface area contributed by atoms with Gasteiger partial charge < -0.3 is 10.1 Å². The van der Waals surface area contributed by atoms with Crippen molar-refractivity contribution in [3.63, 3.8) is 0 Å². The Morgan fingerprint density at radius 2 is 2.12 bits per heavy atom. The zero-order valence-corrected chi connectivity index (χ0v) is 15.0. The first kappa shape index (κ1) is 15.7. The van der Waals surface area contributed by atoms with Crippen molar-refractivity contribution in [2.24, 2.45) is 5.92 Å². The molecule has 1 amide bonds. The van der Waals surface area contributed by atoms with E-state index in [0.717, 1.165) is 28.2 Å². The zero-order valence-electron chi connectivity index (χ0n) is 14.2. The molecule has 0 bridgehead atoms. The molecule has 0 radical (unpaired) electrons. The Morgan fingerprint density at radius 3 is 2.96 bits per heavy atom. The summed E-state index contributed by atoms with van der Waals surface area (Å²) in [5, 5.41) is 3.26. The average Bonchev–Trinajstić information content (AvgIpc) is 3.01. The first-order valence-electron chi connectivity index (χ1n) is 8.80. The van der Waals surface area contributed by atoms with E-state index >= 15 is 0 Å². The van der Waals surface area contributed by atoms with Gasteiger partial charge in [0.1, 0.15) is 12.4 Å². The van der Waals surface area contributed by atoms with Crippen LogP contribution in [-0.4, -0.2) is 11.9 Å². The number of benzene rings is 1. The van der Waals surface area contributed by atoms with Gasteiger partial charge in [0.05, 0.1) is 4.88 Å². The van der Waals surface area contributed by atoms with Gasteiger partial charge in [0, 0.05) is 22.0 Å². The van der Waals surface area contributed by atoms with Crippen molar-refractivity contribution in [1.82, 2.24) is 5.32 Å². The van der Waals surface area contributed by atoms with Gasteiger partial charge in [0.15, 0.2) is 0 Å². The molecule has 2 unspecified atom stereocenters. The van der Waals surface area contributed by atoms with Gasteiger partial charge in [0.2, 0.25) is 0 Å². The number of carbonyl (C=O) groups excluding carboxylic acids is 1. The number of rotatable bonds is 2. The van der Waals surface area contributed by atoms with E-state index in [1.54, 1.807) is 11.3 Å². The molecule has 1 aromatic carbocycles. The highest BCUT2D eigenvalue weighted by Crippen LogP contribution is 2.44. The number of hydrogen-bond donors (Lipinski definition) is 1. The van der Waals surface area contributed by atoms with Crippen LogP contribution in [0.15, 0.2) is 24.3 Å². The minimum Gasteiger partial charge on any atom is -0.488 e. The molecule has 4 rings (SSSR count). The fourth-order valence-electron chi connectivity index (χ4n) is 3.84. The minimum atomic E-state index is 0.0725. The summed E-state index contributed by atoms with van der Waals surface area (Å²) in [6, 6.07) is 8.45. The molecule has 2 atom stereocenters. The molecule has 2 aromatic rings. The number of carbonyl (C=O) groups is 1. The molecule has 126 valence electrons. The van der Waals surface area contributed by atoms with Crippen LogP contribution in [0.4, 0.5) is 0 Å².